The predicted molar refractivity (Wildman–Crippen MR) is 91.0 cm³/mol. The second kappa shape index (κ2) is 8.07. The average molecular weight is 350 g/mol. The fourth-order valence-corrected chi connectivity index (χ4v) is 3.18. The van der Waals surface area contributed by atoms with Crippen molar-refractivity contribution in [2.75, 3.05) is 13.1 Å². The maximum atomic E-state index is 12.1. The summed E-state index contributed by atoms with van der Waals surface area (Å²) in [6.07, 6.45) is 3.90. The standard InChI is InChI=1S/C16H22N4O3S/c1-13-4-6-15(7-5-13)24(22,23)19-9-3-8-18-16(21)12-20-11-10-17-14(20)2/h4-7,10-11,19H,3,8-9,12H2,1-2H3,(H,18,21). The fourth-order valence-electron chi connectivity index (χ4n) is 2.10. The zero-order valence-electron chi connectivity index (χ0n) is 13.8. The van der Waals surface area contributed by atoms with Crippen molar-refractivity contribution in [1.82, 2.24) is 19.6 Å². The lowest BCUT2D eigenvalue weighted by Gasteiger charge is -2.09. The number of nitrogens with zero attached hydrogens (tertiary/aromatic N) is 2. The van der Waals surface area contributed by atoms with Crippen LogP contribution in [0.2, 0.25) is 0 Å². The van der Waals surface area contributed by atoms with Crippen LogP contribution in [-0.4, -0.2) is 37.0 Å². The molecule has 0 saturated heterocycles. The molecule has 0 unspecified atom stereocenters. The number of imidazole rings is 1. The van der Waals surface area contributed by atoms with Gasteiger partial charge < -0.3 is 9.88 Å². The molecule has 0 fully saturated rings. The van der Waals surface area contributed by atoms with E-state index < -0.39 is 10.0 Å². The molecule has 0 atom stereocenters. The van der Waals surface area contributed by atoms with E-state index >= 15 is 0 Å². The van der Waals surface area contributed by atoms with Gasteiger partial charge >= 0.3 is 0 Å². The fraction of sp³-hybridized carbons (Fsp3) is 0.375. The van der Waals surface area contributed by atoms with Gasteiger partial charge in [-0.25, -0.2) is 18.1 Å². The van der Waals surface area contributed by atoms with E-state index in [2.05, 4.69) is 15.0 Å². The molecule has 0 aliphatic carbocycles. The summed E-state index contributed by atoms with van der Waals surface area (Å²) in [4.78, 5) is 16.1. The van der Waals surface area contributed by atoms with Crippen LogP contribution in [0.3, 0.4) is 0 Å². The molecular formula is C16H22N4O3S. The third-order valence-corrected chi connectivity index (χ3v) is 5.01. The van der Waals surface area contributed by atoms with Crippen LogP contribution in [0.5, 0.6) is 0 Å². The summed E-state index contributed by atoms with van der Waals surface area (Å²) in [5.74, 6) is 0.647. The molecule has 130 valence electrons. The number of rotatable bonds is 8. The SMILES string of the molecule is Cc1ccc(S(=O)(=O)NCCCNC(=O)Cn2ccnc2C)cc1. The van der Waals surface area contributed by atoms with Gasteiger partial charge in [0.25, 0.3) is 0 Å². The summed E-state index contributed by atoms with van der Waals surface area (Å²) in [6.45, 7) is 4.61. The van der Waals surface area contributed by atoms with Gasteiger partial charge in [0.1, 0.15) is 12.4 Å². The van der Waals surface area contributed by atoms with Gasteiger partial charge in [-0.3, -0.25) is 4.79 Å². The van der Waals surface area contributed by atoms with Gasteiger partial charge in [-0.05, 0) is 32.4 Å². The second-order valence-electron chi connectivity index (χ2n) is 5.52. The number of hydrogen-bond donors (Lipinski definition) is 2. The smallest absolute Gasteiger partial charge is 0.240 e. The first-order valence-corrected chi connectivity index (χ1v) is 9.17. The van der Waals surface area contributed by atoms with E-state index in [-0.39, 0.29) is 23.9 Å². The van der Waals surface area contributed by atoms with Gasteiger partial charge in [-0.2, -0.15) is 0 Å². The van der Waals surface area contributed by atoms with Gasteiger partial charge in [0, 0.05) is 25.5 Å². The Bertz CT molecular complexity index is 782. The second-order valence-corrected chi connectivity index (χ2v) is 7.28. The van der Waals surface area contributed by atoms with Gasteiger partial charge in [-0.1, -0.05) is 17.7 Å². The minimum atomic E-state index is -3.50. The maximum Gasteiger partial charge on any atom is 0.240 e. The van der Waals surface area contributed by atoms with Crippen LogP contribution in [0.1, 0.15) is 17.8 Å². The molecule has 0 saturated carbocycles. The number of aromatic nitrogens is 2. The first-order valence-electron chi connectivity index (χ1n) is 7.69. The Morgan fingerprint density at radius 3 is 2.50 bits per heavy atom. The van der Waals surface area contributed by atoms with Crippen LogP contribution in [0.15, 0.2) is 41.6 Å². The number of carbonyl (C=O) groups is 1. The van der Waals surface area contributed by atoms with Crippen molar-refractivity contribution in [3.05, 3.63) is 48.0 Å². The molecule has 0 radical (unpaired) electrons. The van der Waals surface area contributed by atoms with Crippen LogP contribution in [0.4, 0.5) is 0 Å². The van der Waals surface area contributed by atoms with Gasteiger partial charge in [0.15, 0.2) is 0 Å². The molecule has 8 heteroatoms. The predicted octanol–water partition coefficient (Wildman–Crippen LogP) is 0.985. The Hall–Kier alpha value is -2.19. The number of amides is 1. The lowest BCUT2D eigenvalue weighted by atomic mass is 10.2. The molecule has 24 heavy (non-hydrogen) atoms. The molecular weight excluding hydrogens is 328 g/mol. The molecule has 1 amide bonds. The maximum absolute atomic E-state index is 12.1. The lowest BCUT2D eigenvalue weighted by molar-refractivity contribution is -0.121. The first kappa shape index (κ1) is 18.2. The summed E-state index contributed by atoms with van der Waals surface area (Å²) >= 11 is 0. The summed E-state index contributed by atoms with van der Waals surface area (Å²) in [6, 6.07) is 6.67. The van der Waals surface area contributed by atoms with Gasteiger partial charge in [0.2, 0.25) is 15.9 Å². The topological polar surface area (TPSA) is 93.1 Å². The van der Waals surface area contributed by atoms with Crippen molar-refractivity contribution < 1.29 is 13.2 Å². The highest BCUT2D eigenvalue weighted by molar-refractivity contribution is 7.89. The molecule has 0 bridgehead atoms. The zero-order chi connectivity index (χ0) is 17.6. The van der Waals surface area contributed by atoms with E-state index in [4.69, 9.17) is 0 Å². The summed E-state index contributed by atoms with van der Waals surface area (Å²) < 4.78 is 28.4. The Balaban J connectivity index is 1.70. The Morgan fingerprint density at radius 2 is 1.88 bits per heavy atom. The van der Waals surface area contributed by atoms with Crippen molar-refractivity contribution >= 4 is 15.9 Å². The zero-order valence-corrected chi connectivity index (χ0v) is 14.6. The first-order chi connectivity index (χ1) is 11.4. The van der Waals surface area contributed by atoms with Crippen molar-refractivity contribution in [2.45, 2.75) is 31.7 Å². The number of carbonyl (C=O) groups excluding carboxylic acids is 1. The van der Waals surface area contributed by atoms with Gasteiger partial charge in [-0.15, -0.1) is 0 Å². The normalized spacial score (nSPS) is 11.4. The van der Waals surface area contributed by atoms with E-state index in [1.807, 2.05) is 13.8 Å². The van der Waals surface area contributed by atoms with Crippen LogP contribution in [0.25, 0.3) is 0 Å². The lowest BCUT2D eigenvalue weighted by Crippen LogP contribution is -2.31. The van der Waals surface area contributed by atoms with Crippen molar-refractivity contribution in [2.24, 2.45) is 0 Å². The Labute approximate surface area is 142 Å². The van der Waals surface area contributed by atoms with E-state index in [1.54, 1.807) is 41.2 Å². The summed E-state index contributed by atoms with van der Waals surface area (Å²) in [7, 11) is -3.50. The Morgan fingerprint density at radius 1 is 1.17 bits per heavy atom. The molecule has 1 aromatic heterocycles. The molecule has 2 aromatic rings. The molecule has 2 rings (SSSR count). The summed E-state index contributed by atoms with van der Waals surface area (Å²) in [5.41, 5.74) is 1.00. The van der Waals surface area contributed by atoms with Crippen LogP contribution in [0, 0.1) is 13.8 Å². The number of nitrogens with one attached hydrogen (secondary N) is 2. The average Bonchev–Trinajstić information content (AvgIpc) is 2.92. The van der Waals surface area contributed by atoms with Crippen LogP contribution < -0.4 is 10.0 Å². The van der Waals surface area contributed by atoms with E-state index in [9.17, 15) is 13.2 Å². The van der Waals surface area contributed by atoms with Crippen LogP contribution >= 0.6 is 0 Å². The molecule has 7 nitrogen and oxygen atoms in total. The van der Waals surface area contributed by atoms with E-state index in [1.165, 1.54) is 0 Å². The van der Waals surface area contributed by atoms with E-state index in [0.717, 1.165) is 11.4 Å². The summed E-state index contributed by atoms with van der Waals surface area (Å²) in [5, 5.41) is 2.76. The van der Waals surface area contributed by atoms with Gasteiger partial charge in [0.05, 0.1) is 4.90 Å². The highest BCUT2D eigenvalue weighted by Crippen LogP contribution is 2.09. The third kappa shape index (κ3) is 5.17. The molecule has 2 N–H and O–H groups in total. The quantitative estimate of drug-likeness (QED) is 0.694. The molecule has 0 aliphatic heterocycles. The number of aryl methyl sites for hydroxylation is 2. The number of hydrogen-bond acceptors (Lipinski definition) is 4. The monoisotopic (exact) mass is 350 g/mol. The highest BCUT2D eigenvalue weighted by atomic mass is 32.2. The molecule has 0 spiro atoms. The largest absolute Gasteiger partial charge is 0.355 e. The van der Waals surface area contributed by atoms with Crippen molar-refractivity contribution in [3.63, 3.8) is 0 Å². The van der Waals surface area contributed by atoms with Crippen LogP contribution in [-0.2, 0) is 21.4 Å². The molecule has 1 aromatic carbocycles. The van der Waals surface area contributed by atoms with Crippen molar-refractivity contribution in [3.8, 4) is 0 Å². The molecule has 1 heterocycles. The van der Waals surface area contributed by atoms with Crippen molar-refractivity contribution in [1.29, 1.82) is 0 Å². The highest BCUT2D eigenvalue weighted by Gasteiger charge is 2.12. The minimum absolute atomic E-state index is 0.127. The van der Waals surface area contributed by atoms with E-state index in [0.29, 0.717) is 13.0 Å². The number of benzene rings is 1. The number of sulfonamides is 1. The minimum Gasteiger partial charge on any atom is -0.355 e. The molecule has 0 aliphatic rings. The Kier molecular flexibility index (Phi) is 6.10. The third-order valence-electron chi connectivity index (χ3n) is 3.54.